The lowest BCUT2D eigenvalue weighted by atomic mass is 9.92. The van der Waals surface area contributed by atoms with Crippen LogP contribution in [0.4, 0.5) is 5.69 Å². The molecule has 5 heteroatoms. The second-order valence-corrected chi connectivity index (χ2v) is 6.45. The molecular weight excluding hydrogens is 302 g/mol. The van der Waals surface area contributed by atoms with E-state index in [0.717, 1.165) is 48.9 Å². The van der Waals surface area contributed by atoms with Crippen molar-refractivity contribution in [3.05, 3.63) is 36.5 Å². The van der Waals surface area contributed by atoms with Gasteiger partial charge in [0.1, 0.15) is 0 Å². The number of likely N-dealkylation sites (tertiary alicyclic amines) is 1. The Balaban J connectivity index is 1.48. The summed E-state index contributed by atoms with van der Waals surface area (Å²) in [7, 11) is 0. The van der Waals surface area contributed by atoms with E-state index in [2.05, 4.69) is 10.3 Å². The SMILES string of the molecule is CC(=O)N1CCC(CCC(=O)Nc2cnc3ccccc3c2)CC1. The molecule has 3 rings (SSSR count). The van der Waals surface area contributed by atoms with Crippen molar-refractivity contribution in [1.29, 1.82) is 0 Å². The van der Waals surface area contributed by atoms with Crippen LogP contribution in [0, 0.1) is 5.92 Å². The van der Waals surface area contributed by atoms with Gasteiger partial charge in [-0.2, -0.15) is 0 Å². The van der Waals surface area contributed by atoms with Crippen molar-refractivity contribution in [3.8, 4) is 0 Å². The molecule has 1 saturated heterocycles. The summed E-state index contributed by atoms with van der Waals surface area (Å²) in [6, 6.07) is 9.80. The molecule has 2 amide bonds. The predicted molar refractivity (Wildman–Crippen MR) is 94.6 cm³/mol. The van der Waals surface area contributed by atoms with E-state index in [1.807, 2.05) is 35.2 Å². The molecule has 0 spiro atoms. The summed E-state index contributed by atoms with van der Waals surface area (Å²) in [6.45, 7) is 3.25. The van der Waals surface area contributed by atoms with Crippen LogP contribution in [-0.2, 0) is 9.59 Å². The second-order valence-electron chi connectivity index (χ2n) is 6.45. The molecule has 1 fully saturated rings. The Hall–Kier alpha value is -2.43. The molecule has 0 aliphatic carbocycles. The molecule has 2 heterocycles. The van der Waals surface area contributed by atoms with Gasteiger partial charge in [-0.1, -0.05) is 18.2 Å². The van der Waals surface area contributed by atoms with Gasteiger partial charge >= 0.3 is 0 Å². The highest BCUT2D eigenvalue weighted by molar-refractivity contribution is 5.93. The molecule has 5 nitrogen and oxygen atoms in total. The number of anilines is 1. The molecule has 1 aliphatic rings. The Morgan fingerprint density at radius 2 is 2.00 bits per heavy atom. The quantitative estimate of drug-likeness (QED) is 0.939. The van der Waals surface area contributed by atoms with Crippen molar-refractivity contribution in [1.82, 2.24) is 9.88 Å². The first kappa shape index (κ1) is 16.4. The Kier molecular flexibility index (Phi) is 5.08. The molecule has 0 radical (unpaired) electrons. The van der Waals surface area contributed by atoms with Crippen LogP contribution in [0.5, 0.6) is 0 Å². The third-order valence-electron chi connectivity index (χ3n) is 4.71. The average Bonchev–Trinajstić information content (AvgIpc) is 2.60. The lowest BCUT2D eigenvalue weighted by Gasteiger charge is -2.31. The van der Waals surface area contributed by atoms with E-state index in [4.69, 9.17) is 0 Å². The second kappa shape index (κ2) is 7.43. The number of hydrogen-bond donors (Lipinski definition) is 1. The van der Waals surface area contributed by atoms with E-state index in [1.54, 1.807) is 13.1 Å². The molecule has 126 valence electrons. The molecule has 1 aromatic carbocycles. The third kappa shape index (κ3) is 4.10. The fourth-order valence-corrected chi connectivity index (χ4v) is 3.23. The number of benzene rings is 1. The number of amides is 2. The molecule has 1 aromatic heterocycles. The van der Waals surface area contributed by atoms with Crippen LogP contribution in [0.3, 0.4) is 0 Å². The van der Waals surface area contributed by atoms with E-state index in [9.17, 15) is 9.59 Å². The van der Waals surface area contributed by atoms with Gasteiger partial charge < -0.3 is 10.2 Å². The number of carbonyl (C=O) groups is 2. The average molecular weight is 325 g/mol. The Morgan fingerprint density at radius 3 is 2.75 bits per heavy atom. The number of para-hydroxylation sites is 1. The van der Waals surface area contributed by atoms with E-state index < -0.39 is 0 Å². The molecule has 0 bridgehead atoms. The van der Waals surface area contributed by atoms with E-state index in [-0.39, 0.29) is 11.8 Å². The number of piperidine rings is 1. The normalized spacial score (nSPS) is 15.5. The van der Waals surface area contributed by atoms with Crippen LogP contribution in [0.25, 0.3) is 10.9 Å². The first-order valence-electron chi connectivity index (χ1n) is 8.52. The lowest BCUT2D eigenvalue weighted by molar-refractivity contribution is -0.130. The van der Waals surface area contributed by atoms with Gasteiger partial charge in [0.15, 0.2) is 0 Å². The van der Waals surface area contributed by atoms with Gasteiger partial charge in [0.2, 0.25) is 11.8 Å². The predicted octanol–water partition coefficient (Wildman–Crippen LogP) is 3.21. The van der Waals surface area contributed by atoms with Crippen LogP contribution in [0.2, 0.25) is 0 Å². The van der Waals surface area contributed by atoms with Gasteiger partial charge in [-0.15, -0.1) is 0 Å². The smallest absolute Gasteiger partial charge is 0.224 e. The summed E-state index contributed by atoms with van der Waals surface area (Å²) in [5.41, 5.74) is 1.66. The minimum atomic E-state index is 0.0288. The van der Waals surface area contributed by atoms with Crippen LogP contribution in [0.15, 0.2) is 36.5 Å². The maximum atomic E-state index is 12.2. The molecule has 1 aliphatic heterocycles. The molecular formula is C19H23N3O2. The Labute approximate surface area is 142 Å². The Morgan fingerprint density at radius 1 is 1.25 bits per heavy atom. The number of fused-ring (bicyclic) bond motifs is 1. The van der Waals surface area contributed by atoms with E-state index in [0.29, 0.717) is 12.3 Å². The van der Waals surface area contributed by atoms with Gasteiger partial charge in [-0.25, -0.2) is 0 Å². The number of carbonyl (C=O) groups excluding carboxylic acids is 2. The highest BCUT2D eigenvalue weighted by Gasteiger charge is 2.21. The zero-order chi connectivity index (χ0) is 16.9. The summed E-state index contributed by atoms with van der Waals surface area (Å²) in [6.07, 6.45) is 5.07. The van der Waals surface area contributed by atoms with Gasteiger partial charge in [-0.3, -0.25) is 14.6 Å². The van der Waals surface area contributed by atoms with Crippen LogP contribution in [-0.4, -0.2) is 34.8 Å². The summed E-state index contributed by atoms with van der Waals surface area (Å²) in [5.74, 6) is 0.706. The van der Waals surface area contributed by atoms with Crippen molar-refractivity contribution in [2.45, 2.75) is 32.6 Å². The van der Waals surface area contributed by atoms with Crippen molar-refractivity contribution in [3.63, 3.8) is 0 Å². The molecule has 0 atom stereocenters. The number of aromatic nitrogens is 1. The minimum Gasteiger partial charge on any atom is -0.343 e. The Bertz CT molecular complexity index is 736. The molecule has 0 saturated carbocycles. The lowest BCUT2D eigenvalue weighted by Crippen LogP contribution is -2.37. The number of rotatable bonds is 4. The topological polar surface area (TPSA) is 62.3 Å². The van der Waals surface area contributed by atoms with Crippen molar-refractivity contribution < 1.29 is 9.59 Å². The molecule has 24 heavy (non-hydrogen) atoms. The highest BCUT2D eigenvalue weighted by atomic mass is 16.2. The highest BCUT2D eigenvalue weighted by Crippen LogP contribution is 2.22. The van der Waals surface area contributed by atoms with Gasteiger partial charge in [-0.05, 0) is 37.3 Å². The first-order valence-corrected chi connectivity index (χ1v) is 8.52. The third-order valence-corrected chi connectivity index (χ3v) is 4.71. The summed E-state index contributed by atoms with van der Waals surface area (Å²) >= 11 is 0. The summed E-state index contributed by atoms with van der Waals surface area (Å²) in [5, 5.41) is 3.95. The van der Waals surface area contributed by atoms with Gasteiger partial charge in [0, 0.05) is 31.8 Å². The van der Waals surface area contributed by atoms with Crippen molar-refractivity contribution in [2.24, 2.45) is 5.92 Å². The fraction of sp³-hybridized carbons (Fsp3) is 0.421. The number of nitrogens with one attached hydrogen (secondary N) is 1. The number of nitrogens with zero attached hydrogens (tertiary/aromatic N) is 2. The maximum Gasteiger partial charge on any atom is 0.224 e. The number of hydrogen-bond acceptors (Lipinski definition) is 3. The summed E-state index contributed by atoms with van der Waals surface area (Å²) in [4.78, 5) is 29.7. The van der Waals surface area contributed by atoms with Crippen molar-refractivity contribution in [2.75, 3.05) is 18.4 Å². The first-order chi connectivity index (χ1) is 11.6. The maximum absolute atomic E-state index is 12.2. The molecule has 0 unspecified atom stereocenters. The summed E-state index contributed by atoms with van der Waals surface area (Å²) < 4.78 is 0. The van der Waals surface area contributed by atoms with Crippen molar-refractivity contribution >= 4 is 28.4 Å². The van der Waals surface area contributed by atoms with Crippen LogP contribution >= 0.6 is 0 Å². The standard InChI is InChI=1S/C19H23N3O2/c1-14(23)22-10-8-15(9-11-22)6-7-19(24)21-17-12-16-4-2-3-5-18(16)20-13-17/h2-5,12-13,15H,6-11H2,1H3,(H,21,24). The monoisotopic (exact) mass is 325 g/mol. The van der Waals surface area contributed by atoms with E-state index >= 15 is 0 Å². The van der Waals surface area contributed by atoms with Crippen LogP contribution < -0.4 is 5.32 Å². The molecule has 2 aromatic rings. The fourth-order valence-electron chi connectivity index (χ4n) is 3.23. The van der Waals surface area contributed by atoms with Gasteiger partial charge in [0.25, 0.3) is 0 Å². The minimum absolute atomic E-state index is 0.0288. The number of pyridine rings is 1. The molecule has 1 N–H and O–H groups in total. The zero-order valence-electron chi connectivity index (χ0n) is 14.0. The van der Waals surface area contributed by atoms with Crippen LogP contribution in [0.1, 0.15) is 32.6 Å². The largest absolute Gasteiger partial charge is 0.343 e. The zero-order valence-corrected chi connectivity index (χ0v) is 14.0. The van der Waals surface area contributed by atoms with Gasteiger partial charge in [0.05, 0.1) is 17.4 Å². The van der Waals surface area contributed by atoms with E-state index in [1.165, 1.54) is 0 Å².